The van der Waals surface area contributed by atoms with Gasteiger partial charge in [-0.2, -0.15) is 0 Å². The van der Waals surface area contributed by atoms with Crippen molar-refractivity contribution in [3.05, 3.63) is 22.8 Å². The minimum atomic E-state index is -0.0227. The average Bonchev–Trinajstić information content (AvgIpc) is 2.97. The summed E-state index contributed by atoms with van der Waals surface area (Å²) < 4.78 is 3.38. The van der Waals surface area contributed by atoms with Gasteiger partial charge in [-0.1, -0.05) is 6.58 Å². The van der Waals surface area contributed by atoms with Crippen molar-refractivity contribution >= 4 is 17.9 Å². The number of nitrogens with zero attached hydrogens (tertiary/aromatic N) is 5. The maximum Gasteiger partial charge on any atom is 0.331 e. The highest BCUT2D eigenvalue weighted by Crippen LogP contribution is 2.29. The number of aromatic nitrogens is 2. The highest BCUT2D eigenvalue weighted by molar-refractivity contribution is 5.83. The average molecular weight is 261 g/mol. The van der Waals surface area contributed by atoms with Crippen molar-refractivity contribution in [2.45, 2.75) is 19.5 Å². The van der Waals surface area contributed by atoms with Crippen molar-refractivity contribution in [3.63, 3.8) is 0 Å². The molecule has 19 heavy (non-hydrogen) atoms. The molecule has 3 heterocycles. The van der Waals surface area contributed by atoms with Crippen LogP contribution in [0.1, 0.15) is 18.5 Å². The molecule has 0 radical (unpaired) electrons. The molecule has 0 N–H and O–H groups in total. The topological polar surface area (TPSA) is 45.8 Å². The van der Waals surface area contributed by atoms with Crippen LogP contribution >= 0.6 is 0 Å². The van der Waals surface area contributed by atoms with Crippen molar-refractivity contribution in [2.24, 2.45) is 12.0 Å². The van der Waals surface area contributed by atoms with E-state index in [0.717, 1.165) is 30.3 Å². The smallest absolute Gasteiger partial charge is 0.331 e. The van der Waals surface area contributed by atoms with Gasteiger partial charge in [-0.3, -0.25) is 14.0 Å². The van der Waals surface area contributed by atoms with E-state index in [-0.39, 0.29) is 5.69 Å². The van der Waals surface area contributed by atoms with Gasteiger partial charge in [-0.25, -0.2) is 9.79 Å². The van der Waals surface area contributed by atoms with Crippen LogP contribution in [-0.2, 0) is 13.7 Å². The largest absolute Gasteiger partial charge is 0.334 e. The second-order valence-corrected chi connectivity index (χ2v) is 5.21. The summed E-state index contributed by atoms with van der Waals surface area (Å²) in [4.78, 5) is 20.9. The summed E-state index contributed by atoms with van der Waals surface area (Å²) in [5.41, 5.74) is 1.60. The lowest BCUT2D eigenvalue weighted by atomic mass is 10.3. The van der Waals surface area contributed by atoms with Gasteiger partial charge in [0.25, 0.3) is 0 Å². The maximum absolute atomic E-state index is 12.4. The molecule has 1 saturated heterocycles. The van der Waals surface area contributed by atoms with Crippen molar-refractivity contribution in [3.8, 4) is 0 Å². The first kappa shape index (κ1) is 12.2. The summed E-state index contributed by atoms with van der Waals surface area (Å²) in [5.74, 6) is 0.725. The molecule has 1 aromatic heterocycles. The van der Waals surface area contributed by atoms with Gasteiger partial charge in [0.15, 0.2) is 5.82 Å². The van der Waals surface area contributed by atoms with E-state index in [4.69, 9.17) is 0 Å². The first-order valence-electron chi connectivity index (χ1n) is 6.58. The lowest BCUT2D eigenvalue weighted by Gasteiger charge is -2.22. The Bertz CT molecular complexity index is 603. The number of imidazole rings is 1. The number of fused-ring (bicyclic) bond motifs is 1. The van der Waals surface area contributed by atoms with E-state index < -0.39 is 0 Å². The third-order valence-corrected chi connectivity index (χ3v) is 3.91. The molecule has 0 atom stereocenters. The quantitative estimate of drug-likeness (QED) is 0.791. The first-order valence-corrected chi connectivity index (χ1v) is 6.58. The molecule has 6 nitrogen and oxygen atoms in total. The van der Waals surface area contributed by atoms with E-state index in [1.807, 2.05) is 11.9 Å². The van der Waals surface area contributed by atoms with E-state index in [1.165, 1.54) is 12.8 Å². The van der Waals surface area contributed by atoms with Crippen molar-refractivity contribution in [1.82, 2.24) is 18.9 Å². The van der Waals surface area contributed by atoms with E-state index in [0.29, 0.717) is 6.67 Å². The van der Waals surface area contributed by atoms with Gasteiger partial charge in [-0.05, 0) is 25.9 Å². The second kappa shape index (κ2) is 4.38. The molecule has 0 saturated carbocycles. The predicted octanol–water partition coefficient (Wildman–Crippen LogP) is 0.816. The summed E-state index contributed by atoms with van der Waals surface area (Å²) in [6.07, 6.45) is 4.13. The highest BCUT2D eigenvalue weighted by atomic mass is 16.2. The van der Waals surface area contributed by atoms with Crippen LogP contribution in [0.4, 0.5) is 5.82 Å². The van der Waals surface area contributed by atoms with Crippen LogP contribution < -0.4 is 5.69 Å². The van der Waals surface area contributed by atoms with Gasteiger partial charge in [0.05, 0.1) is 18.7 Å². The molecule has 3 rings (SSSR count). The van der Waals surface area contributed by atoms with E-state index in [2.05, 4.69) is 16.5 Å². The summed E-state index contributed by atoms with van der Waals surface area (Å²) >= 11 is 0. The Kier molecular flexibility index (Phi) is 2.82. The van der Waals surface area contributed by atoms with Crippen LogP contribution in [0, 0.1) is 0 Å². The molecular weight excluding hydrogens is 242 g/mol. The molecule has 1 fully saturated rings. The minimum absolute atomic E-state index is 0.0227. The fourth-order valence-electron chi connectivity index (χ4n) is 2.73. The van der Waals surface area contributed by atoms with Crippen LogP contribution in [0.5, 0.6) is 0 Å². The zero-order valence-corrected chi connectivity index (χ0v) is 11.5. The Morgan fingerprint density at radius 2 is 2.00 bits per heavy atom. The van der Waals surface area contributed by atoms with Crippen LogP contribution in [-0.4, -0.2) is 45.4 Å². The molecule has 2 aliphatic heterocycles. The summed E-state index contributed by atoms with van der Waals surface area (Å²) in [6, 6.07) is 0. The van der Waals surface area contributed by atoms with Gasteiger partial charge in [0, 0.05) is 14.1 Å². The van der Waals surface area contributed by atoms with Crippen LogP contribution in [0.2, 0.25) is 0 Å². The molecule has 102 valence electrons. The van der Waals surface area contributed by atoms with E-state index >= 15 is 0 Å². The molecule has 0 aromatic carbocycles. The SMILES string of the molecule is C=C1c2c(n(CN3CCCC3)c(=O)n2C)N=CN1C. The van der Waals surface area contributed by atoms with Gasteiger partial charge in [0.2, 0.25) is 0 Å². The molecule has 6 heteroatoms. The molecule has 0 unspecified atom stereocenters. The van der Waals surface area contributed by atoms with Gasteiger partial charge in [0.1, 0.15) is 5.69 Å². The van der Waals surface area contributed by atoms with Crippen molar-refractivity contribution in [1.29, 1.82) is 0 Å². The molecule has 2 aliphatic rings. The molecule has 0 bridgehead atoms. The lowest BCUT2D eigenvalue weighted by molar-refractivity contribution is 0.267. The van der Waals surface area contributed by atoms with Crippen molar-refractivity contribution < 1.29 is 0 Å². The van der Waals surface area contributed by atoms with Crippen LogP contribution in [0.15, 0.2) is 16.4 Å². The van der Waals surface area contributed by atoms with Crippen molar-refractivity contribution in [2.75, 3.05) is 20.1 Å². The normalized spacial score (nSPS) is 19.3. The number of hydrogen-bond acceptors (Lipinski definition) is 4. The Balaban J connectivity index is 2.05. The van der Waals surface area contributed by atoms with Gasteiger partial charge < -0.3 is 4.90 Å². The van der Waals surface area contributed by atoms with E-state index in [1.54, 1.807) is 22.5 Å². The lowest BCUT2D eigenvalue weighted by Crippen LogP contribution is -2.30. The first-order chi connectivity index (χ1) is 9.09. The standard InChI is InChI=1S/C13H19N5O/c1-10-11-12(14-8-15(10)2)18(13(19)16(11)3)9-17-6-4-5-7-17/h8H,1,4-7,9H2,2-3H3. The summed E-state index contributed by atoms with van der Waals surface area (Å²) in [6.45, 7) is 6.77. The fraction of sp³-hybridized carbons (Fsp3) is 0.538. The monoisotopic (exact) mass is 261 g/mol. The maximum atomic E-state index is 12.4. The number of aliphatic imine (C=N–C) groups is 1. The number of rotatable bonds is 2. The van der Waals surface area contributed by atoms with Crippen LogP contribution in [0.25, 0.3) is 5.70 Å². The second-order valence-electron chi connectivity index (χ2n) is 5.21. The Morgan fingerprint density at radius 3 is 2.68 bits per heavy atom. The third-order valence-electron chi connectivity index (χ3n) is 3.91. The summed E-state index contributed by atoms with van der Waals surface area (Å²) in [7, 11) is 3.67. The highest BCUT2D eigenvalue weighted by Gasteiger charge is 2.25. The Morgan fingerprint density at radius 1 is 1.32 bits per heavy atom. The van der Waals surface area contributed by atoms with E-state index in [9.17, 15) is 4.79 Å². The number of hydrogen-bond donors (Lipinski definition) is 0. The van der Waals surface area contributed by atoms with Gasteiger partial charge in [-0.15, -0.1) is 0 Å². The van der Waals surface area contributed by atoms with Gasteiger partial charge >= 0.3 is 5.69 Å². The molecule has 0 spiro atoms. The molecular formula is C13H19N5O. The Labute approximate surface area is 112 Å². The third kappa shape index (κ3) is 1.83. The molecule has 0 amide bonds. The summed E-state index contributed by atoms with van der Waals surface area (Å²) in [5, 5.41) is 0. The predicted molar refractivity (Wildman–Crippen MR) is 75.4 cm³/mol. The Hall–Kier alpha value is -1.82. The zero-order chi connectivity index (χ0) is 13.6. The fourth-order valence-corrected chi connectivity index (χ4v) is 2.73. The molecule has 1 aromatic rings. The number of likely N-dealkylation sites (tertiary alicyclic amines) is 1. The molecule has 0 aliphatic carbocycles. The van der Waals surface area contributed by atoms with Crippen LogP contribution in [0.3, 0.4) is 0 Å². The zero-order valence-electron chi connectivity index (χ0n) is 11.5. The minimum Gasteiger partial charge on any atom is -0.334 e.